The molecule has 0 fully saturated rings. The van der Waals surface area contributed by atoms with E-state index in [2.05, 4.69) is 9.37 Å². The van der Waals surface area contributed by atoms with E-state index in [9.17, 15) is 18.8 Å². The summed E-state index contributed by atoms with van der Waals surface area (Å²) in [5.41, 5.74) is 0.587. The second-order valence-electron chi connectivity index (χ2n) is 5.11. The number of ether oxygens (including phenoxy) is 1. The minimum Gasteiger partial charge on any atom is -0.691 e. The molecule has 130 valence electrons. The number of carbonyl (C=O) groups is 1. The van der Waals surface area contributed by atoms with Gasteiger partial charge in [-0.3, -0.25) is 5.04 Å². The minimum atomic E-state index is -4.06. The fourth-order valence-corrected chi connectivity index (χ4v) is 2.81. The molecule has 0 saturated carbocycles. The predicted molar refractivity (Wildman–Crippen MR) is 86.0 cm³/mol. The Balaban J connectivity index is 1.89. The number of rotatable bonds is 6. The first-order chi connectivity index (χ1) is 12.0. The molecule has 25 heavy (non-hydrogen) atoms. The Morgan fingerprint density at radius 2 is 1.68 bits per heavy atom. The van der Waals surface area contributed by atoms with Crippen molar-refractivity contribution in [3.63, 3.8) is 0 Å². The fourth-order valence-electron chi connectivity index (χ4n) is 2.57. The van der Waals surface area contributed by atoms with E-state index in [1.54, 1.807) is 6.07 Å². The van der Waals surface area contributed by atoms with E-state index in [4.69, 9.17) is 4.74 Å². The molecule has 3 rings (SSSR count). The molecule has 5 nitrogen and oxygen atoms in total. The van der Waals surface area contributed by atoms with E-state index in [-0.39, 0.29) is 6.61 Å². The quantitative estimate of drug-likeness (QED) is 0.219. The third-order valence-corrected chi connectivity index (χ3v) is 4.12. The number of carbonyl (C=O) groups excluding carboxylic acids is 1. The Bertz CT molecular complexity index is 916. The maximum atomic E-state index is 13.4. The molecule has 0 unspecified atom stereocenters. The van der Waals surface area contributed by atoms with Crippen LogP contribution in [-0.4, -0.2) is 11.2 Å². The van der Waals surface area contributed by atoms with Crippen LogP contribution in [0.25, 0.3) is 21.5 Å². The van der Waals surface area contributed by atoms with Crippen LogP contribution >= 0.6 is 12.0 Å². The normalized spacial score (nSPS) is 11.8. The molecule has 0 radical (unpaired) electrons. The first-order valence-electron chi connectivity index (χ1n) is 7.11. The number of benzene rings is 3. The molecule has 0 N–H and O–H groups in total. The Labute approximate surface area is 145 Å². The van der Waals surface area contributed by atoms with Crippen LogP contribution in [0.1, 0.15) is 5.56 Å². The minimum absolute atomic E-state index is 0.349. The van der Waals surface area contributed by atoms with Gasteiger partial charge in [0.1, 0.15) is 18.6 Å². The highest BCUT2D eigenvalue weighted by Crippen LogP contribution is 2.33. The molecular formula is C17H11F2O5S-. The van der Waals surface area contributed by atoms with E-state index >= 15 is 0 Å². The highest BCUT2D eigenvalue weighted by atomic mass is 32.2. The van der Waals surface area contributed by atoms with Crippen molar-refractivity contribution in [3.8, 4) is 0 Å². The molecule has 0 heterocycles. The van der Waals surface area contributed by atoms with Crippen molar-refractivity contribution in [1.82, 2.24) is 0 Å². The van der Waals surface area contributed by atoms with Crippen LogP contribution < -0.4 is 5.26 Å². The van der Waals surface area contributed by atoms with Crippen molar-refractivity contribution in [2.45, 2.75) is 11.9 Å². The maximum absolute atomic E-state index is 13.4. The van der Waals surface area contributed by atoms with Crippen LogP contribution in [0, 0.1) is 0 Å². The number of fused-ring (bicyclic) bond motifs is 3. The zero-order valence-corrected chi connectivity index (χ0v) is 13.4. The molecule has 0 aliphatic heterocycles. The topological polar surface area (TPSA) is 67.8 Å². The molecule has 0 bridgehead atoms. The van der Waals surface area contributed by atoms with Crippen molar-refractivity contribution in [2.24, 2.45) is 0 Å². The van der Waals surface area contributed by atoms with Crippen LogP contribution in [0.15, 0.2) is 54.6 Å². The highest BCUT2D eigenvalue weighted by molar-refractivity contribution is 7.96. The van der Waals surface area contributed by atoms with Crippen LogP contribution in [-0.2, 0) is 25.5 Å². The van der Waals surface area contributed by atoms with Gasteiger partial charge in [0.25, 0.3) is 0 Å². The zero-order chi connectivity index (χ0) is 17.9. The summed E-state index contributed by atoms with van der Waals surface area (Å²) >= 11 is -0.714. The molecule has 3 aromatic rings. The lowest BCUT2D eigenvalue weighted by atomic mass is 9.98. The van der Waals surface area contributed by atoms with Gasteiger partial charge < -0.3 is 9.99 Å². The molecule has 0 spiro atoms. The first kappa shape index (κ1) is 17.6. The van der Waals surface area contributed by atoms with E-state index in [0.29, 0.717) is 5.56 Å². The molecule has 3 aromatic carbocycles. The fraction of sp³-hybridized carbons (Fsp3) is 0.118. The standard InChI is InChI=1S/C17H12F2O5S/c18-17(19,25-24-23-21)16(20)22-10-12-9-11-5-1-2-6-13(11)15-8-4-3-7-14(12)15/h1-9,21H,10H2/p-1. The summed E-state index contributed by atoms with van der Waals surface area (Å²) < 4.78 is 35.0. The Morgan fingerprint density at radius 1 is 1.04 bits per heavy atom. The summed E-state index contributed by atoms with van der Waals surface area (Å²) in [5, 5.41) is 12.0. The van der Waals surface area contributed by atoms with Crippen LogP contribution in [0.3, 0.4) is 0 Å². The molecule has 0 aliphatic carbocycles. The van der Waals surface area contributed by atoms with E-state index in [1.165, 1.54) is 0 Å². The van der Waals surface area contributed by atoms with Gasteiger partial charge >= 0.3 is 11.2 Å². The third-order valence-electron chi connectivity index (χ3n) is 3.62. The van der Waals surface area contributed by atoms with Crippen molar-refractivity contribution < 1.29 is 32.9 Å². The second kappa shape index (κ2) is 7.32. The summed E-state index contributed by atoms with van der Waals surface area (Å²) in [4.78, 5) is 11.5. The smallest absolute Gasteiger partial charge is 0.415 e. The summed E-state index contributed by atoms with van der Waals surface area (Å²) in [6, 6.07) is 16.8. The van der Waals surface area contributed by atoms with Gasteiger partial charge in [0.2, 0.25) is 0 Å². The summed E-state index contributed by atoms with van der Waals surface area (Å²) in [6.07, 6.45) is 0. The van der Waals surface area contributed by atoms with Crippen molar-refractivity contribution in [2.75, 3.05) is 0 Å². The van der Waals surface area contributed by atoms with E-state index in [1.807, 2.05) is 48.5 Å². The molecular weight excluding hydrogens is 354 g/mol. The van der Waals surface area contributed by atoms with Gasteiger partial charge in [0, 0.05) is 0 Å². The summed E-state index contributed by atoms with van der Waals surface area (Å²) in [6.45, 7) is -0.349. The largest absolute Gasteiger partial charge is 0.691 e. The van der Waals surface area contributed by atoms with Gasteiger partial charge in [0.05, 0.1) is 0 Å². The van der Waals surface area contributed by atoms with Crippen LogP contribution in [0.2, 0.25) is 0 Å². The summed E-state index contributed by atoms with van der Waals surface area (Å²) in [5.74, 6) is -1.83. The SMILES string of the molecule is O=C(OCc1cc2ccccc2c2ccccc12)C(F)(F)SOO[O-]. The Hall–Kier alpha value is -2.26. The number of halogens is 2. The van der Waals surface area contributed by atoms with Gasteiger partial charge in [-0.15, -0.1) is 0 Å². The van der Waals surface area contributed by atoms with Crippen molar-refractivity contribution >= 4 is 39.6 Å². The molecule has 0 amide bonds. The molecule has 0 aromatic heterocycles. The van der Waals surface area contributed by atoms with E-state index in [0.717, 1.165) is 21.5 Å². The second-order valence-corrected chi connectivity index (χ2v) is 5.93. The Kier molecular flexibility index (Phi) is 5.14. The average molecular weight is 365 g/mol. The lowest BCUT2D eigenvalue weighted by Crippen LogP contribution is -2.27. The summed E-state index contributed by atoms with van der Waals surface area (Å²) in [7, 11) is 0. The highest BCUT2D eigenvalue weighted by Gasteiger charge is 2.43. The predicted octanol–water partition coefficient (Wildman–Crippen LogP) is 3.50. The van der Waals surface area contributed by atoms with Gasteiger partial charge in [-0.05, 0) is 33.2 Å². The Morgan fingerprint density at radius 3 is 2.40 bits per heavy atom. The van der Waals surface area contributed by atoms with Gasteiger partial charge in [-0.1, -0.05) is 48.5 Å². The van der Waals surface area contributed by atoms with E-state index < -0.39 is 23.3 Å². The third kappa shape index (κ3) is 3.72. The molecule has 8 heteroatoms. The molecule has 0 atom stereocenters. The average Bonchev–Trinajstić information content (AvgIpc) is 2.64. The van der Waals surface area contributed by atoms with Crippen LogP contribution in [0.5, 0.6) is 0 Å². The molecule has 0 saturated heterocycles. The van der Waals surface area contributed by atoms with Crippen molar-refractivity contribution in [1.29, 1.82) is 0 Å². The zero-order valence-electron chi connectivity index (χ0n) is 12.6. The number of hydrogen-bond donors (Lipinski definition) is 0. The monoisotopic (exact) mass is 365 g/mol. The number of hydrogen-bond acceptors (Lipinski definition) is 6. The lowest BCUT2D eigenvalue weighted by molar-refractivity contribution is -0.777. The van der Waals surface area contributed by atoms with Crippen molar-refractivity contribution in [3.05, 3.63) is 60.2 Å². The number of alkyl halides is 2. The van der Waals surface area contributed by atoms with Gasteiger partial charge in [0.15, 0.2) is 0 Å². The molecule has 0 aliphatic rings. The first-order valence-corrected chi connectivity index (χ1v) is 7.86. The van der Waals surface area contributed by atoms with Gasteiger partial charge in [-0.25, -0.2) is 4.79 Å². The lowest BCUT2D eigenvalue weighted by Gasteiger charge is -2.15. The number of esters is 1. The van der Waals surface area contributed by atoms with Crippen LogP contribution in [0.4, 0.5) is 8.78 Å². The van der Waals surface area contributed by atoms with Gasteiger partial charge in [-0.2, -0.15) is 13.1 Å². The maximum Gasteiger partial charge on any atom is 0.415 e.